The lowest BCUT2D eigenvalue weighted by Gasteiger charge is -2.40. The number of ether oxygens (including phenoxy) is 1. The monoisotopic (exact) mass is 518 g/mol. The van der Waals surface area contributed by atoms with Gasteiger partial charge in [0.15, 0.2) is 5.65 Å². The average molecular weight is 518 g/mol. The number of hydrogen-bond donors (Lipinski definition) is 0. The molecule has 0 spiro atoms. The molecular formula is C24H28B4F2N4O4. The maximum atomic E-state index is 13.9. The van der Waals surface area contributed by atoms with Gasteiger partial charge < -0.3 is 23.5 Å². The zero-order valence-electron chi connectivity index (χ0n) is 22.6. The summed E-state index contributed by atoms with van der Waals surface area (Å²) in [5.41, 5.74) is 1.54. The van der Waals surface area contributed by atoms with Crippen molar-refractivity contribution in [3.05, 3.63) is 47.3 Å². The molecule has 14 heteroatoms. The van der Waals surface area contributed by atoms with E-state index in [1.165, 1.54) is 6.07 Å². The molecule has 3 aromatic rings. The Labute approximate surface area is 222 Å². The molecule has 2 atom stereocenters. The Morgan fingerprint density at radius 3 is 2.39 bits per heavy atom. The summed E-state index contributed by atoms with van der Waals surface area (Å²) in [5, 5.41) is -0.553. The predicted molar refractivity (Wildman–Crippen MR) is 146 cm³/mol. The Morgan fingerprint density at radius 2 is 1.76 bits per heavy atom. The van der Waals surface area contributed by atoms with Crippen LogP contribution in [0.3, 0.4) is 0 Å². The van der Waals surface area contributed by atoms with E-state index in [0.717, 1.165) is 0 Å². The van der Waals surface area contributed by atoms with E-state index in [4.69, 9.17) is 24.0 Å². The van der Waals surface area contributed by atoms with Crippen molar-refractivity contribution < 1.29 is 27.6 Å². The van der Waals surface area contributed by atoms with Crippen LogP contribution in [0.5, 0.6) is 5.75 Å². The van der Waals surface area contributed by atoms with Crippen molar-refractivity contribution in [1.29, 1.82) is 0 Å². The van der Waals surface area contributed by atoms with Crippen LogP contribution < -0.4 is 10.3 Å². The largest absolute Gasteiger partial charge is 0.514 e. The average Bonchev–Trinajstić information content (AvgIpc) is 3.37. The van der Waals surface area contributed by atoms with E-state index in [1.54, 1.807) is 17.0 Å². The van der Waals surface area contributed by atoms with E-state index >= 15 is 0 Å². The van der Waals surface area contributed by atoms with Gasteiger partial charge in [-0.1, -0.05) is 6.07 Å². The number of carbonyl (C=O) groups excluding carboxylic acids is 1. The molecule has 194 valence electrons. The van der Waals surface area contributed by atoms with Crippen LogP contribution in [0.15, 0.2) is 30.3 Å². The van der Waals surface area contributed by atoms with Crippen LogP contribution in [0.2, 0.25) is 0 Å². The zero-order valence-corrected chi connectivity index (χ0v) is 22.6. The van der Waals surface area contributed by atoms with Crippen LogP contribution in [0.1, 0.15) is 67.9 Å². The second kappa shape index (κ2) is 8.08. The molecule has 0 N–H and O–H groups in total. The number of carbonyl (C=O) groups is 1. The lowest BCUT2D eigenvalue weighted by atomic mass is 9.48. The number of rotatable bonds is 4. The van der Waals surface area contributed by atoms with Crippen LogP contribution in [-0.4, -0.2) is 79.0 Å². The predicted octanol–water partition coefficient (Wildman–Crippen LogP) is 0.332. The molecule has 2 bridgehead atoms. The summed E-state index contributed by atoms with van der Waals surface area (Å²) >= 11 is 0. The second-order valence-electron chi connectivity index (χ2n) is 12.2. The zero-order chi connectivity index (χ0) is 27.4. The summed E-state index contributed by atoms with van der Waals surface area (Å²) in [6, 6.07) is 7.61. The fraction of sp³-hybridized carbons (Fsp3) is 0.458. The molecule has 1 fully saturated rings. The number of pyridine rings is 1. The van der Waals surface area contributed by atoms with Crippen LogP contribution in [0.25, 0.3) is 11.2 Å². The Morgan fingerprint density at radius 1 is 1.08 bits per heavy atom. The van der Waals surface area contributed by atoms with Crippen LogP contribution in [0.4, 0.5) is 8.78 Å². The van der Waals surface area contributed by atoms with E-state index in [1.807, 2.05) is 67.9 Å². The molecular weight excluding hydrogens is 490 g/mol. The minimum atomic E-state index is -3.03. The lowest BCUT2D eigenvalue weighted by molar-refractivity contribution is -0.0507. The van der Waals surface area contributed by atoms with Crippen molar-refractivity contribution in [2.24, 2.45) is 0 Å². The normalized spacial score (nSPS) is 23.6. The summed E-state index contributed by atoms with van der Waals surface area (Å²) < 4.78 is 46.3. The Kier molecular flexibility index (Phi) is 5.41. The van der Waals surface area contributed by atoms with E-state index < -0.39 is 36.2 Å². The van der Waals surface area contributed by atoms with Gasteiger partial charge in [-0.2, -0.15) is 8.78 Å². The highest BCUT2D eigenvalue weighted by molar-refractivity contribution is 6.61. The third-order valence-electron chi connectivity index (χ3n) is 8.24. The summed E-state index contributed by atoms with van der Waals surface area (Å²) in [6.07, 6.45) is 0.473. The summed E-state index contributed by atoms with van der Waals surface area (Å²) in [5.74, 6) is 0.426. The number of fused-ring (bicyclic) bond motifs is 9. The SMILES string of the molecule is BC(B)(B)N1C(=O)c2cccc(OC(F)F)c2[C@@H]2C[C@H]1c1nc3ccc(B4OC(C)(C)C(C)(C)O4)nc3n12. The third kappa shape index (κ3) is 3.63. The smallest absolute Gasteiger partial charge is 0.434 e. The van der Waals surface area contributed by atoms with Crippen LogP contribution >= 0.6 is 0 Å². The van der Waals surface area contributed by atoms with Gasteiger partial charge in [0.05, 0.1) is 28.9 Å². The molecule has 0 aliphatic carbocycles. The Bertz CT molecular complexity index is 1460. The van der Waals surface area contributed by atoms with Gasteiger partial charge in [-0.15, -0.1) is 0 Å². The molecule has 5 heterocycles. The first-order valence-corrected chi connectivity index (χ1v) is 12.9. The first kappa shape index (κ1) is 25.4. The van der Waals surface area contributed by atoms with Crippen molar-refractivity contribution in [3.63, 3.8) is 0 Å². The second-order valence-corrected chi connectivity index (χ2v) is 12.2. The molecule has 0 unspecified atom stereocenters. The highest BCUT2D eigenvalue weighted by Crippen LogP contribution is 2.51. The molecule has 3 aliphatic heterocycles. The highest BCUT2D eigenvalue weighted by atomic mass is 19.3. The fourth-order valence-corrected chi connectivity index (χ4v) is 5.85. The standard InChI is InChI=1S/C24H28B4F2N4O4/c1-22(2)23(3,4)38-28(37-22)16-9-8-12-18(32-16)33-13-10-14(19(33)31-12)34(24(25,26)27)20(35)11-6-5-7-15(17(11)13)36-21(29)30/h5-9,13-14,21H,10,25-27H2,1-4H3/t13-,14-/m0/s1. The minimum Gasteiger partial charge on any atom is -0.434 e. The quantitative estimate of drug-likeness (QED) is 0.465. The maximum absolute atomic E-state index is 13.9. The topological polar surface area (TPSA) is 78.7 Å². The number of hydrogen-bond acceptors (Lipinski definition) is 6. The molecule has 0 radical (unpaired) electrons. The number of halogens is 2. The van der Waals surface area contributed by atoms with Gasteiger partial charge in [-0.05, 0) is 57.2 Å². The molecule has 1 saturated heterocycles. The van der Waals surface area contributed by atoms with Crippen molar-refractivity contribution >= 4 is 53.3 Å². The van der Waals surface area contributed by atoms with E-state index in [9.17, 15) is 13.6 Å². The number of aromatic nitrogens is 3. The maximum Gasteiger partial charge on any atom is 0.514 e. The summed E-state index contributed by atoms with van der Waals surface area (Å²) in [4.78, 5) is 25.5. The third-order valence-corrected chi connectivity index (χ3v) is 8.24. The summed E-state index contributed by atoms with van der Waals surface area (Å²) in [6.45, 7) is 4.90. The molecule has 0 saturated carbocycles. The van der Waals surface area contributed by atoms with Gasteiger partial charge in [0, 0.05) is 17.5 Å². The Hall–Kier alpha value is -2.85. The highest BCUT2D eigenvalue weighted by Gasteiger charge is 2.53. The molecule has 1 aromatic carbocycles. The van der Waals surface area contributed by atoms with Gasteiger partial charge in [-0.3, -0.25) is 4.79 Å². The number of imidazole rings is 1. The van der Waals surface area contributed by atoms with Gasteiger partial charge in [0.2, 0.25) is 0 Å². The number of nitrogens with zero attached hydrogens (tertiary/aromatic N) is 4. The van der Waals surface area contributed by atoms with Gasteiger partial charge >= 0.3 is 13.7 Å². The van der Waals surface area contributed by atoms with Gasteiger partial charge in [0.1, 0.15) is 40.6 Å². The molecule has 8 nitrogen and oxygen atoms in total. The van der Waals surface area contributed by atoms with Gasteiger partial charge in [-0.25, -0.2) is 9.97 Å². The number of amides is 1. The molecule has 2 aromatic heterocycles. The van der Waals surface area contributed by atoms with Crippen LogP contribution in [-0.2, 0) is 9.31 Å². The van der Waals surface area contributed by atoms with Crippen molar-refractivity contribution in [2.45, 2.75) is 69.3 Å². The van der Waals surface area contributed by atoms with Crippen molar-refractivity contribution in [1.82, 2.24) is 19.4 Å². The van der Waals surface area contributed by atoms with Gasteiger partial charge in [0.25, 0.3) is 5.91 Å². The number of benzene rings is 1. The van der Waals surface area contributed by atoms with E-state index in [-0.39, 0.29) is 17.7 Å². The van der Waals surface area contributed by atoms with E-state index in [0.29, 0.717) is 40.1 Å². The first-order chi connectivity index (χ1) is 17.7. The molecule has 6 rings (SSSR count). The molecule has 3 aliphatic rings. The summed E-state index contributed by atoms with van der Waals surface area (Å²) in [7, 11) is 5.22. The Balaban J connectivity index is 1.56. The molecule has 38 heavy (non-hydrogen) atoms. The fourth-order valence-electron chi connectivity index (χ4n) is 5.85. The first-order valence-electron chi connectivity index (χ1n) is 12.9. The van der Waals surface area contributed by atoms with Crippen LogP contribution in [0, 0.1) is 0 Å². The lowest BCUT2D eigenvalue weighted by Crippen LogP contribution is -2.54. The van der Waals surface area contributed by atoms with Crippen molar-refractivity contribution in [3.8, 4) is 5.75 Å². The number of alkyl halides is 2. The minimum absolute atomic E-state index is 0.0119. The molecule has 1 amide bonds. The van der Waals surface area contributed by atoms with E-state index in [2.05, 4.69) is 0 Å². The van der Waals surface area contributed by atoms with Crippen molar-refractivity contribution in [2.75, 3.05) is 0 Å².